The number of hydrogen-bond donors (Lipinski definition) is 1. The second-order valence-corrected chi connectivity index (χ2v) is 8.25. The third kappa shape index (κ3) is 3.59. The molecule has 0 saturated heterocycles. The van der Waals surface area contributed by atoms with E-state index in [-0.39, 0.29) is 18.0 Å². The smallest absolute Gasteiger partial charge is 0.325 e. The van der Waals surface area contributed by atoms with E-state index in [1.54, 1.807) is 29.6 Å². The number of carbonyl (C=O) groups is 1. The van der Waals surface area contributed by atoms with Gasteiger partial charge in [0.05, 0.1) is 11.2 Å². The minimum Gasteiger partial charge on any atom is -0.325 e. The lowest BCUT2D eigenvalue weighted by Gasteiger charge is -2.13. The summed E-state index contributed by atoms with van der Waals surface area (Å²) < 4.78 is 2.93. The summed E-state index contributed by atoms with van der Waals surface area (Å²) in [5.41, 5.74) is 3.85. The molecule has 2 aromatic heterocycles. The van der Waals surface area contributed by atoms with Gasteiger partial charge in [0.1, 0.15) is 11.2 Å². The molecule has 7 heteroatoms. The Hall–Kier alpha value is -3.45. The molecule has 0 bridgehead atoms. The van der Waals surface area contributed by atoms with Crippen LogP contribution in [0.3, 0.4) is 0 Å². The van der Waals surface area contributed by atoms with E-state index in [0.29, 0.717) is 21.6 Å². The van der Waals surface area contributed by atoms with Crippen LogP contribution < -0.4 is 16.6 Å². The second-order valence-electron chi connectivity index (χ2n) is 7.33. The van der Waals surface area contributed by atoms with Crippen molar-refractivity contribution in [1.29, 1.82) is 0 Å². The van der Waals surface area contributed by atoms with E-state index in [2.05, 4.69) is 5.32 Å². The highest BCUT2D eigenvalue weighted by Crippen LogP contribution is 2.18. The van der Waals surface area contributed by atoms with E-state index >= 15 is 0 Å². The van der Waals surface area contributed by atoms with Gasteiger partial charge in [0.2, 0.25) is 5.91 Å². The molecule has 0 fully saturated rings. The summed E-state index contributed by atoms with van der Waals surface area (Å²) in [6.45, 7) is 5.68. The molecule has 1 amide bonds. The number of aryl methyl sites for hydroxylation is 3. The molecule has 0 aliphatic rings. The van der Waals surface area contributed by atoms with E-state index in [4.69, 9.17) is 0 Å². The summed E-state index contributed by atoms with van der Waals surface area (Å²) in [6, 6.07) is 14.6. The van der Waals surface area contributed by atoms with Crippen LogP contribution in [0.2, 0.25) is 0 Å². The quantitative estimate of drug-likeness (QED) is 0.547. The van der Waals surface area contributed by atoms with Crippen molar-refractivity contribution >= 4 is 33.1 Å². The number of rotatable bonds is 4. The van der Waals surface area contributed by atoms with Gasteiger partial charge in [-0.25, -0.2) is 9.36 Å². The SMILES string of the molecule is Cc1cccc(-n2c(=O)c3sccc3n(CC(=O)Nc3ccc(C)c(C)c3)c2=O)c1. The summed E-state index contributed by atoms with van der Waals surface area (Å²) in [4.78, 5) is 39.0. The average molecular weight is 420 g/mol. The van der Waals surface area contributed by atoms with Crippen LogP contribution >= 0.6 is 11.3 Å². The molecular formula is C23H21N3O3S. The van der Waals surface area contributed by atoms with Crippen molar-refractivity contribution in [2.24, 2.45) is 0 Å². The van der Waals surface area contributed by atoms with E-state index in [0.717, 1.165) is 21.3 Å². The van der Waals surface area contributed by atoms with Gasteiger partial charge in [0.15, 0.2) is 0 Å². The van der Waals surface area contributed by atoms with Crippen molar-refractivity contribution in [3.05, 3.63) is 91.4 Å². The predicted octanol–water partition coefficient (Wildman–Crippen LogP) is 3.78. The van der Waals surface area contributed by atoms with Crippen molar-refractivity contribution in [2.75, 3.05) is 5.32 Å². The van der Waals surface area contributed by atoms with Gasteiger partial charge in [-0.1, -0.05) is 18.2 Å². The van der Waals surface area contributed by atoms with Crippen molar-refractivity contribution in [3.8, 4) is 5.69 Å². The molecule has 0 saturated carbocycles. The Morgan fingerprint density at radius 2 is 1.80 bits per heavy atom. The molecule has 0 aliphatic heterocycles. The van der Waals surface area contributed by atoms with Crippen LogP contribution in [0, 0.1) is 20.8 Å². The Kier molecular flexibility index (Phi) is 5.13. The Labute approximate surface area is 177 Å². The highest BCUT2D eigenvalue weighted by molar-refractivity contribution is 7.17. The van der Waals surface area contributed by atoms with Crippen LogP contribution in [0.15, 0.2) is 63.5 Å². The zero-order valence-electron chi connectivity index (χ0n) is 16.9. The number of benzene rings is 2. The summed E-state index contributed by atoms with van der Waals surface area (Å²) in [5, 5.41) is 4.60. The topological polar surface area (TPSA) is 73.1 Å². The summed E-state index contributed by atoms with van der Waals surface area (Å²) in [6.07, 6.45) is 0. The molecule has 4 rings (SSSR count). The molecule has 4 aromatic rings. The number of carbonyl (C=O) groups excluding carboxylic acids is 1. The fraction of sp³-hybridized carbons (Fsp3) is 0.174. The molecule has 2 aromatic carbocycles. The number of amides is 1. The largest absolute Gasteiger partial charge is 0.336 e. The van der Waals surface area contributed by atoms with Crippen molar-refractivity contribution in [2.45, 2.75) is 27.3 Å². The van der Waals surface area contributed by atoms with Crippen LogP contribution in [0.5, 0.6) is 0 Å². The number of nitrogens with one attached hydrogen (secondary N) is 1. The number of anilines is 1. The van der Waals surface area contributed by atoms with E-state index in [1.165, 1.54) is 15.9 Å². The molecule has 152 valence electrons. The fourth-order valence-corrected chi connectivity index (χ4v) is 4.22. The van der Waals surface area contributed by atoms with Crippen molar-refractivity contribution in [3.63, 3.8) is 0 Å². The molecule has 0 radical (unpaired) electrons. The lowest BCUT2D eigenvalue weighted by Crippen LogP contribution is -2.40. The maximum atomic E-state index is 13.3. The first-order valence-electron chi connectivity index (χ1n) is 9.52. The zero-order valence-corrected chi connectivity index (χ0v) is 17.7. The molecule has 1 N–H and O–H groups in total. The molecule has 0 aliphatic carbocycles. The molecule has 0 atom stereocenters. The number of hydrogen-bond acceptors (Lipinski definition) is 4. The van der Waals surface area contributed by atoms with Gasteiger partial charge in [-0.05, 0) is 73.2 Å². The van der Waals surface area contributed by atoms with Gasteiger partial charge >= 0.3 is 5.69 Å². The Morgan fingerprint density at radius 3 is 2.53 bits per heavy atom. The van der Waals surface area contributed by atoms with Crippen molar-refractivity contribution in [1.82, 2.24) is 9.13 Å². The first-order valence-corrected chi connectivity index (χ1v) is 10.4. The van der Waals surface area contributed by atoms with E-state index < -0.39 is 5.69 Å². The summed E-state index contributed by atoms with van der Waals surface area (Å²) >= 11 is 1.26. The average Bonchev–Trinajstić information content (AvgIpc) is 3.18. The normalized spacial score (nSPS) is 11.0. The molecule has 6 nitrogen and oxygen atoms in total. The van der Waals surface area contributed by atoms with Crippen LogP contribution in [0.4, 0.5) is 5.69 Å². The van der Waals surface area contributed by atoms with Gasteiger partial charge in [-0.3, -0.25) is 14.2 Å². The summed E-state index contributed by atoms with van der Waals surface area (Å²) in [5.74, 6) is -0.331. The number of thiophene rings is 1. The predicted molar refractivity (Wildman–Crippen MR) is 121 cm³/mol. The maximum absolute atomic E-state index is 13.3. The Bertz CT molecular complexity index is 1400. The van der Waals surface area contributed by atoms with E-state index in [9.17, 15) is 14.4 Å². The summed E-state index contributed by atoms with van der Waals surface area (Å²) in [7, 11) is 0. The highest BCUT2D eigenvalue weighted by atomic mass is 32.1. The first-order chi connectivity index (χ1) is 14.3. The number of nitrogens with zero attached hydrogens (tertiary/aromatic N) is 2. The van der Waals surface area contributed by atoms with E-state index in [1.807, 2.05) is 45.0 Å². The third-order valence-corrected chi connectivity index (χ3v) is 6.00. The Balaban J connectivity index is 1.78. The molecule has 0 spiro atoms. The molecule has 30 heavy (non-hydrogen) atoms. The third-order valence-electron chi connectivity index (χ3n) is 5.11. The fourth-order valence-electron chi connectivity index (χ4n) is 3.40. The van der Waals surface area contributed by atoms with Crippen LogP contribution in [-0.4, -0.2) is 15.0 Å². The lowest BCUT2D eigenvalue weighted by molar-refractivity contribution is -0.116. The molecule has 0 unspecified atom stereocenters. The van der Waals surface area contributed by atoms with Gasteiger partial charge in [0.25, 0.3) is 5.56 Å². The van der Waals surface area contributed by atoms with Crippen LogP contribution in [0.1, 0.15) is 16.7 Å². The van der Waals surface area contributed by atoms with Gasteiger partial charge < -0.3 is 5.32 Å². The lowest BCUT2D eigenvalue weighted by atomic mass is 10.1. The monoisotopic (exact) mass is 419 g/mol. The standard InChI is InChI=1S/C23H21N3O3S/c1-14-5-4-6-18(11-14)26-22(28)21-19(9-10-30-21)25(23(26)29)13-20(27)24-17-8-7-15(2)16(3)12-17/h4-12H,13H2,1-3H3,(H,24,27). The van der Waals surface area contributed by atoms with Gasteiger partial charge in [-0.2, -0.15) is 0 Å². The van der Waals surface area contributed by atoms with Crippen LogP contribution in [0.25, 0.3) is 15.9 Å². The van der Waals surface area contributed by atoms with Crippen LogP contribution in [-0.2, 0) is 11.3 Å². The zero-order chi connectivity index (χ0) is 21.4. The first kappa shape index (κ1) is 19.8. The minimum absolute atomic E-state index is 0.189. The number of fused-ring (bicyclic) bond motifs is 1. The number of aromatic nitrogens is 2. The van der Waals surface area contributed by atoms with Gasteiger partial charge in [-0.15, -0.1) is 11.3 Å². The van der Waals surface area contributed by atoms with Gasteiger partial charge in [0, 0.05) is 5.69 Å². The van der Waals surface area contributed by atoms with Crippen molar-refractivity contribution < 1.29 is 4.79 Å². The maximum Gasteiger partial charge on any atom is 0.336 e. The Morgan fingerprint density at radius 1 is 1.00 bits per heavy atom. The minimum atomic E-state index is -0.535. The molecular weight excluding hydrogens is 398 g/mol. The molecule has 2 heterocycles. The highest BCUT2D eigenvalue weighted by Gasteiger charge is 2.17. The second kappa shape index (κ2) is 7.76.